The van der Waals surface area contributed by atoms with Crippen LogP contribution in [0.3, 0.4) is 0 Å². The molecule has 0 unspecified atom stereocenters. The molecular weight excluding hydrogens is 535 g/mol. The first-order valence-electron chi connectivity index (χ1n) is 13.4. The summed E-state index contributed by atoms with van der Waals surface area (Å²) >= 11 is 0. The molecule has 0 aliphatic rings. The van der Waals surface area contributed by atoms with E-state index in [2.05, 4.69) is 15.6 Å². The number of fused-ring (bicyclic) bond motifs is 1. The van der Waals surface area contributed by atoms with Gasteiger partial charge in [-0.3, -0.25) is 9.59 Å². The fourth-order valence-corrected chi connectivity index (χ4v) is 4.68. The van der Waals surface area contributed by atoms with Gasteiger partial charge in [-0.05, 0) is 71.8 Å². The molecular formula is C32H31FN6O3. The summed E-state index contributed by atoms with van der Waals surface area (Å²) in [6.45, 7) is -0.103. The van der Waals surface area contributed by atoms with Crippen LogP contribution < -0.4 is 15.0 Å². The third-order valence-corrected chi connectivity index (χ3v) is 6.93. The van der Waals surface area contributed by atoms with Gasteiger partial charge in [-0.2, -0.15) is 0 Å². The average molecular weight is 567 g/mol. The minimum atomic E-state index is -1.03. The Kier molecular flexibility index (Phi) is 8.42. The number of amides is 2. The number of benzene rings is 4. The van der Waals surface area contributed by atoms with E-state index in [-0.39, 0.29) is 19.0 Å². The van der Waals surface area contributed by atoms with Crippen molar-refractivity contribution in [3.8, 4) is 5.75 Å². The maximum atomic E-state index is 14.1. The van der Waals surface area contributed by atoms with E-state index >= 15 is 0 Å². The Morgan fingerprint density at radius 3 is 2.29 bits per heavy atom. The van der Waals surface area contributed by atoms with Crippen molar-refractivity contribution >= 4 is 34.2 Å². The van der Waals surface area contributed by atoms with Gasteiger partial charge >= 0.3 is 0 Å². The zero-order valence-electron chi connectivity index (χ0n) is 23.6. The number of hydrogen-bond acceptors (Lipinski definition) is 6. The summed E-state index contributed by atoms with van der Waals surface area (Å²) in [4.78, 5) is 31.6. The molecule has 1 atom stereocenters. The summed E-state index contributed by atoms with van der Waals surface area (Å²) in [6.07, 6.45) is 0. The number of ether oxygens (including phenoxy) is 1. The molecule has 1 heterocycles. The summed E-state index contributed by atoms with van der Waals surface area (Å²) in [5.74, 6) is -0.551. The lowest BCUT2D eigenvalue weighted by molar-refractivity contribution is -0.140. The molecule has 214 valence electrons. The third kappa shape index (κ3) is 6.38. The summed E-state index contributed by atoms with van der Waals surface area (Å²) in [6, 6.07) is 26.6. The Hall–Kier alpha value is -5.25. The lowest BCUT2D eigenvalue weighted by Gasteiger charge is -2.32. The van der Waals surface area contributed by atoms with Crippen molar-refractivity contribution in [2.45, 2.75) is 19.1 Å². The molecule has 1 N–H and O–H groups in total. The largest absolute Gasteiger partial charge is 0.497 e. The topological polar surface area (TPSA) is 92.6 Å². The zero-order valence-corrected chi connectivity index (χ0v) is 23.6. The van der Waals surface area contributed by atoms with Gasteiger partial charge in [0.2, 0.25) is 5.91 Å². The number of nitrogens with one attached hydrogen (secondary N) is 1. The van der Waals surface area contributed by atoms with E-state index in [1.165, 1.54) is 21.7 Å². The maximum absolute atomic E-state index is 14.1. The van der Waals surface area contributed by atoms with Gasteiger partial charge in [0.15, 0.2) is 0 Å². The van der Waals surface area contributed by atoms with Crippen LogP contribution in [0, 0.1) is 5.82 Å². The van der Waals surface area contributed by atoms with Crippen LogP contribution in [0.5, 0.6) is 5.75 Å². The van der Waals surface area contributed by atoms with Gasteiger partial charge < -0.3 is 19.9 Å². The molecule has 2 amide bonds. The number of halogens is 1. The Balaban J connectivity index is 1.54. The van der Waals surface area contributed by atoms with E-state index in [1.54, 1.807) is 43.5 Å². The fraction of sp³-hybridized carbons (Fsp3) is 0.188. The minimum Gasteiger partial charge on any atom is -0.497 e. The Morgan fingerprint density at radius 1 is 0.929 bits per heavy atom. The number of nitrogens with zero attached hydrogens (tertiary/aromatic N) is 5. The second kappa shape index (κ2) is 12.5. The SMILES string of the molecule is COc1ccc([C@H](C(=O)Nc2ccc(N(C)C)cc2)N(Cc2ccc(F)cc2)C(=O)Cn2nnc3ccccc32)cc1. The van der Waals surface area contributed by atoms with Crippen LogP contribution in [0.4, 0.5) is 15.8 Å². The predicted molar refractivity (Wildman–Crippen MR) is 160 cm³/mol. The van der Waals surface area contributed by atoms with E-state index in [0.29, 0.717) is 33.6 Å². The van der Waals surface area contributed by atoms with Crippen LogP contribution >= 0.6 is 0 Å². The van der Waals surface area contributed by atoms with Crippen molar-refractivity contribution in [3.05, 3.63) is 114 Å². The van der Waals surface area contributed by atoms with Gasteiger partial charge in [0.1, 0.15) is 29.7 Å². The molecule has 0 aliphatic carbocycles. The molecule has 0 saturated carbocycles. The predicted octanol–water partition coefficient (Wildman–Crippen LogP) is 5.05. The van der Waals surface area contributed by atoms with E-state index in [0.717, 1.165) is 5.69 Å². The second-order valence-electron chi connectivity index (χ2n) is 9.99. The van der Waals surface area contributed by atoms with Crippen LogP contribution in [-0.4, -0.2) is 52.9 Å². The number of hydrogen-bond donors (Lipinski definition) is 1. The standard InChI is InChI=1S/C32H31FN6O3/c1-37(2)26-16-14-25(15-17-26)34-32(41)31(23-10-18-27(42-3)19-11-23)38(20-22-8-12-24(33)13-9-22)30(40)21-39-29-7-5-4-6-28(29)35-36-39/h4-19,31H,20-21H2,1-3H3,(H,34,41)/t31-/m1/s1. The van der Waals surface area contributed by atoms with E-state index < -0.39 is 17.8 Å². The molecule has 0 fully saturated rings. The molecule has 5 rings (SSSR count). The van der Waals surface area contributed by atoms with Crippen molar-refractivity contribution in [3.63, 3.8) is 0 Å². The highest BCUT2D eigenvalue weighted by atomic mass is 19.1. The van der Waals surface area contributed by atoms with Crippen LogP contribution in [0.1, 0.15) is 17.2 Å². The molecule has 0 saturated heterocycles. The van der Waals surface area contributed by atoms with E-state index in [1.807, 2.05) is 67.5 Å². The van der Waals surface area contributed by atoms with Crippen LogP contribution in [0.2, 0.25) is 0 Å². The van der Waals surface area contributed by atoms with Gasteiger partial charge in [-0.25, -0.2) is 9.07 Å². The summed E-state index contributed by atoms with van der Waals surface area (Å²) in [7, 11) is 5.43. The summed E-state index contributed by atoms with van der Waals surface area (Å²) in [5, 5.41) is 11.3. The quantitative estimate of drug-likeness (QED) is 0.254. The van der Waals surface area contributed by atoms with Gasteiger partial charge in [-0.1, -0.05) is 41.6 Å². The molecule has 9 nitrogen and oxygen atoms in total. The number of anilines is 2. The zero-order chi connectivity index (χ0) is 29.6. The molecule has 1 aromatic heterocycles. The molecule has 0 bridgehead atoms. The molecule has 5 aromatic rings. The first kappa shape index (κ1) is 28.3. The Morgan fingerprint density at radius 2 is 1.62 bits per heavy atom. The molecule has 0 aliphatic heterocycles. The number of rotatable bonds is 10. The first-order chi connectivity index (χ1) is 20.3. The fourth-order valence-electron chi connectivity index (χ4n) is 4.68. The first-order valence-corrected chi connectivity index (χ1v) is 13.4. The average Bonchev–Trinajstić information content (AvgIpc) is 3.41. The van der Waals surface area contributed by atoms with Crippen molar-refractivity contribution < 1.29 is 18.7 Å². The highest BCUT2D eigenvalue weighted by Gasteiger charge is 2.32. The van der Waals surface area contributed by atoms with Crippen LogP contribution in [-0.2, 0) is 22.7 Å². The van der Waals surface area contributed by atoms with Gasteiger partial charge in [-0.15, -0.1) is 5.10 Å². The number of methoxy groups -OCH3 is 1. The maximum Gasteiger partial charge on any atom is 0.251 e. The number of carbonyl (C=O) groups is 2. The summed E-state index contributed by atoms with van der Waals surface area (Å²) < 4.78 is 20.6. The lowest BCUT2D eigenvalue weighted by Crippen LogP contribution is -2.42. The van der Waals surface area contributed by atoms with E-state index in [9.17, 15) is 14.0 Å². The van der Waals surface area contributed by atoms with Crippen LogP contribution in [0.25, 0.3) is 11.0 Å². The smallest absolute Gasteiger partial charge is 0.251 e. The van der Waals surface area contributed by atoms with Crippen molar-refractivity contribution in [2.24, 2.45) is 0 Å². The highest BCUT2D eigenvalue weighted by Crippen LogP contribution is 2.28. The highest BCUT2D eigenvalue weighted by molar-refractivity contribution is 5.98. The second-order valence-corrected chi connectivity index (χ2v) is 9.99. The molecule has 0 radical (unpaired) electrons. The lowest BCUT2D eigenvalue weighted by atomic mass is 10.0. The monoisotopic (exact) mass is 566 g/mol. The molecule has 42 heavy (non-hydrogen) atoms. The van der Waals surface area contributed by atoms with Gasteiger partial charge in [0, 0.05) is 32.0 Å². The normalized spacial score (nSPS) is 11.6. The minimum absolute atomic E-state index is 0.0510. The van der Waals surface area contributed by atoms with Gasteiger partial charge in [0.05, 0.1) is 12.6 Å². The molecule has 4 aromatic carbocycles. The van der Waals surface area contributed by atoms with Crippen LogP contribution in [0.15, 0.2) is 97.1 Å². The van der Waals surface area contributed by atoms with E-state index in [4.69, 9.17) is 4.74 Å². The molecule has 10 heteroatoms. The number of aromatic nitrogens is 3. The van der Waals surface area contributed by atoms with Crippen molar-refractivity contribution in [2.75, 3.05) is 31.4 Å². The Labute approximate surface area is 243 Å². The number of para-hydroxylation sites is 1. The number of carbonyl (C=O) groups excluding carboxylic acids is 2. The third-order valence-electron chi connectivity index (χ3n) is 6.93. The van der Waals surface area contributed by atoms with Crippen molar-refractivity contribution in [1.29, 1.82) is 0 Å². The van der Waals surface area contributed by atoms with Crippen molar-refractivity contribution in [1.82, 2.24) is 19.9 Å². The summed E-state index contributed by atoms with van der Waals surface area (Å²) in [5.41, 5.74) is 4.15. The molecule has 0 spiro atoms. The van der Waals surface area contributed by atoms with Gasteiger partial charge in [0.25, 0.3) is 5.91 Å². The Bertz CT molecular complexity index is 1670.